The molecule has 1 aromatic rings. The van der Waals surface area contributed by atoms with Crippen LogP contribution in [0.3, 0.4) is 0 Å². The average Bonchev–Trinajstić information content (AvgIpc) is 2.17. The molecule has 1 fully saturated rings. The Bertz CT molecular complexity index is 336. The number of nitrogens with one attached hydrogen (secondary N) is 1. The highest BCUT2D eigenvalue weighted by Crippen LogP contribution is 2.40. The Labute approximate surface area is 88.8 Å². The van der Waals surface area contributed by atoms with E-state index in [2.05, 4.69) is 5.32 Å². The van der Waals surface area contributed by atoms with Crippen molar-refractivity contribution in [1.29, 1.82) is 0 Å². The molecule has 15 heavy (non-hydrogen) atoms. The Morgan fingerprint density at radius 3 is 2.13 bits per heavy atom. The van der Waals surface area contributed by atoms with Gasteiger partial charge in [0.05, 0.1) is 14.2 Å². The smallest absolute Gasteiger partial charge is 0.200 e. The van der Waals surface area contributed by atoms with Crippen LogP contribution in [-0.2, 0) is 0 Å². The van der Waals surface area contributed by atoms with E-state index in [0.29, 0.717) is 17.5 Å². The molecule has 0 spiro atoms. The number of methoxy groups -OCH3 is 2. The highest BCUT2D eigenvalue weighted by Gasteiger charge is 2.21. The van der Waals surface area contributed by atoms with Crippen molar-refractivity contribution in [2.45, 2.75) is 12.5 Å². The number of hydrogen-bond donors (Lipinski definition) is 2. The Morgan fingerprint density at radius 1 is 1.27 bits per heavy atom. The molecule has 2 rings (SSSR count). The molecule has 0 radical (unpaired) electrons. The number of phenolic OH excluding ortho intramolecular Hbond substituents is 1. The minimum Gasteiger partial charge on any atom is -0.502 e. The fourth-order valence-corrected chi connectivity index (χ4v) is 1.69. The topological polar surface area (TPSA) is 50.7 Å². The van der Waals surface area contributed by atoms with Crippen LogP contribution in [0.1, 0.15) is 18.0 Å². The molecular formula is C11H15NO3. The minimum absolute atomic E-state index is 0.0584. The molecule has 4 heteroatoms. The first-order valence-corrected chi connectivity index (χ1v) is 4.94. The van der Waals surface area contributed by atoms with E-state index in [9.17, 15) is 5.11 Å². The summed E-state index contributed by atoms with van der Waals surface area (Å²) in [4.78, 5) is 0. The zero-order valence-corrected chi connectivity index (χ0v) is 8.91. The van der Waals surface area contributed by atoms with E-state index in [4.69, 9.17) is 9.47 Å². The second kappa shape index (κ2) is 3.98. The summed E-state index contributed by atoms with van der Waals surface area (Å²) in [6.07, 6.45) is 1.11. The zero-order valence-electron chi connectivity index (χ0n) is 8.91. The molecule has 1 atom stereocenters. The van der Waals surface area contributed by atoms with Crippen molar-refractivity contribution in [2.24, 2.45) is 0 Å². The molecule has 0 aromatic heterocycles. The lowest BCUT2D eigenvalue weighted by atomic mass is 9.97. The maximum Gasteiger partial charge on any atom is 0.200 e. The second-order valence-corrected chi connectivity index (χ2v) is 3.57. The number of benzene rings is 1. The lowest BCUT2D eigenvalue weighted by Gasteiger charge is -2.28. The van der Waals surface area contributed by atoms with Crippen LogP contribution in [0.15, 0.2) is 12.1 Å². The summed E-state index contributed by atoms with van der Waals surface area (Å²) >= 11 is 0. The Kier molecular flexibility index (Phi) is 2.68. The van der Waals surface area contributed by atoms with Gasteiger partial charge in [0.25, 0.3) is 0 Å². The highest BCUT2D eigenvalue weighted by molar-refractivity contribution is 5.53. The average molecular weight is 209 g/mol. The third kappa shape index (κ3) is 1.72. The number of ether oxygens (including phenoxy) is 2. The van der Waals surface area contributed by atoms with Crippen LogP contribution in [0, 0.1) is 0 Å². The molecule has 2 N–H and O–H groups in total. The predicted molar refractivity (Wildman–Crippen MR) is 56.6 cm³/mol. The Morgan fingerprint density at radius 2 is 1.80 bits per heavy atom. The summed E-state index contributed by atoms with van der Waals surface area (Å²) in [5.74, 6) is 0.971. The fraction of sp³-hybridized carbons (Fsp3) is 0.455. The molecular weight excluding hydrogens is 194 g/mol. The van der Waals surface area contributed by atoms with Crippen molar-refractivity contribution < 1.29 is 14.6 Å². The van der Waals surface area contributed by atoms with Gasteiger partial charge in [-0.1, -0.05) is 0 Å². The van der Waals surface area contributed by atoms with Gasteiger partial charge in [0, 0.05) is 6.04 Å². The first-order chi connectivity index (χ1) is 7.26. The minimum atomic E-state index is 0.0584. The van der Waals surface area contributed by atoms with E-state index in [1.165, 1.54) is 14.2 Å². The molecule has 0 amide bonds. The van der Waals surface area contributed by atoms with Crippen LogP contribution < -0.4 is 14.8 Å². The summed E-state index contributed by atoms with van der Waals surface area (Å²) in [5.41, 5.74) is 1.09. The van der Waals surface area contributed by atoms with Crippen molar-refractivity contribution in [3.8, 4) is 17.2 Å². The molecule has 1 heterocycles. The number of hydrogen-bond acceptors (Lipinski definition) is 4. The van der Waals surface area contributed by atoms with Gasteiger partial charge in [0.15, 0.2) is 11.5 Å². The molecule has 82 valence electrons. The van der Waals surface area contributed by atoms with E-state index in [1.807, 2.05) is 12.1 Å². The maximum absolute atomic E-state index is 9.72. The number of aromatic hydroxyl groups is 1. The first kappa shape index (κ1) is 10.1. The molecule has 0 aliphatic carbocycles. The van der Waals surface area contributed by atoms with E-state index in [1.54, 1.807) is 0 Å². The maximum atomic E-state index is 9.72. The van der Waals surface area contributed by atoms with Crippen molar-refractivity contribution in [3.05, 3.63) is 17.7 Å². The molecule has 1 aromatic carbocycles. The molecule has 0 saturated carbocycles. The van der Waals surface area contributed by atoms with Gasteiger partial charge in [-0.2, -0.15) is 0 Å². The summed E-state index contributed by atoms with van der Waals surface area (Å²) in [7, 11) is 3.07. The van der Waals surface area contributed by atoms with Crippen molar-refractivity contribution in [3.63, 3.8) is 0 Å². The lowest BCUT2D eigenvalue weighted by molar-refractivity contribution is 0.333. The van der Waals surface area contributed by atoms with Crippen molar-refractivity contribution in [1.82, 2.24) is 5.32 Å². The largest absolute Gasteiger partial charge is 0.502 e. The van der Waals surface area contributed by atoms with Gasteiger partial charge < -0.3 is 19.9 Å². The molecule has 4 nitrogen and oxygen atoms in total. The molecule has 1 aliphatic heterocycles. The summed E-state index contributed by atoms with van der Waals surface area (Å²) in [6, 6.07) is 4.04. The van der Waals surface area contributed by atoms with Gasteiger partial charge in [-0.05, 0) is 30.7 Å². The van der Waals surface area contributed by atoms with Crippen LogP contribution >= 0.6 is 0 Å². The van der Waals surface area contributed by atoms with Gasteiger partial charge in [-0.15, -0.1) is 0 Å². The summed E-state index contributed by atoms with van der Waals surface area (Å²) in [6.45, 7) is 1.04. The molecule has 0 unspecified atom stereocenters. The van der Waals surface area contributed by atoms with Crippen LogP contribution in [0.25, 0.3) is 0 Å². The monoisotopic (exact) mass is 209 g/mol. The van der Waals surface area contributed by atoms with Crippen LogP contribution in [-0.4, -0.2) is 25.9 Å². The van der Waals surface area contributed by atoms with E-state index in [-0.39, 0.29) is 5.75 Å². The molecule has 1 saturated heterocycles. The Hall–Kier alpha value is -1.42. The third-order valence-electron chi connectivity index (χ3n) is 2.73. The van der Waals surface area contributed by atoms with Gasteiger partial charge in [0.2, 0.25) is 5.75 Å². The van der Waals surface area contributed by atoms with Crippen molar-refractivity contribution in [2.75, 3.05) is 20.8 Å². The van der Waals surface area contributed by atoms with Gasteiger partial charge in [-0.25, -0.2) is 0 Å². The summed E-state index contributed by atoms with van der Waals surface area (Å²) < 4.78 is 10.2. The predicted octanol–water partition coefficient (Wildman–Crippen LogP) is 1.44. The van der Waals surface area contributed by atoms with Crippen LogP contribution in [0.5, 0.6) is 17.2 Å². The van der Waals surface area contributed by atoms with Crippen LogP contribution in [0.4, 0.5) is 0 Å². The summed E-state index contributed by atoms with van der Waals surface area (Å²) in [5, 5.41) is 13.0. The first-order valence-electron chi connectivity index (χ1n) is 4.94. The standard InChI is InChI=1S/C11H15NO3/c1-14-9-5-7(8-3-4-12-8)6-10(15-2)11(9)13/h5-6,8,12-13H,3-4H2,1-2H3/t8-/m0/s1. The second-order valence-electron chi connectivity index (χ2n) is 3.57. The van der Waals surface area contributed by atoms with Crippen LogP contribution in [0.2, 0.25) is 0 Å². The number of rotatable bonds is 3. The van der Waals surface area contributed by atoms with E-state index < -0.39 is 0 Å². The van der Waals surface area contributed by atoms with E-state index >= 15 is 0 Å². The quantitative estimate of drug-likeness (QED) is 0.791. The molecule has 1 aliphatic rings. The van der Waals surface area contributed by atoms with Gasteiger partial charge in [0.1, 0.15) is 0 Å². The van der Waals surface area contributed by atoms with Crippen molar-refractivity contribution >= 4 is 0 Å². The Balaban J connectivity index is 2.38. The SMILES string of the molecule is COc1cc([C@@H]2CCN2)cc(OC)c1O. The number of phenols is 1. The third-order valence-corrected chi connectivity index (χ3v) is 2.73. The lowest BCUT2D eigenvalue weighted by Crippen LogP contribution is -2.34. The van der Waals surface area contributed by atoms with E-state index in [0.717, 1.165) is 18.5 Å². The molecule has 0 bridgehead atoms. The zero-order chi connectivity index (χ0) is 10.8. The highest BCUT2D eigenvalue weighted by atomic mass is 16.5. The van der Waals surface area contributed by atoms with Gasteiger partial charge >= 0.3 is 0 Å². The normalized spacial score (nSPS) is 19.5. The fourth-order valence-electron chi connectivity index (χ4n) is 1.69. The van der Waals surface area contributed by atoms with Gasteiger partial charge in [-0.3, -0.25) is 0 Å².